The van der Waals surface area contributed by atoms with Gasteiger partial charge in [0.25, 0.3) is 10.0 Å². The normalized spacial score (nSPS) is 16.1. The lowest BCUT2D eigenvalue weighted by atomic mass is 9.96. The van der Waals surface area contributed by atoms with Crippen LogP contribution in [0.25, 0.3) is 0 Å². The summed E-state index contributed by atoms with van der Waals surface area (Å²) in [4.78, 5) is 12.9. The molecule has 3 heterocycles. The zero-order valence-corrected chi connectivity index (χ0v) is 16.9. The largest absolute Gasteiger partial charge is 0.373 e. The third-order valence-electron chi connectivity index (χ3n) is 4.76. The minimum Gasteiger partial charge on any atom is -0.373 e. The van der Waals surface area contributed by atoms with Crippen LogP contribution in [-0.4, -0.2) is 37.0 Å². The number of hydrogen-bond donors (Lipinski definition) is 1. The number of hydrogen-bond acceptors (Lipinski definition) is 6. The molecule has 0 saturated heterocycles. The predicted molar refractivity (Wildman–Crippen MR) is 108 cm³/mol. The lowest BCUT2D eigenvalue weighted by Gasteiger charge is -2.19. The van der Waals surface area contributed by atoms with E-state index in [9.17, 15) is 8.42 Å². The van der Waals surface area contributed by atoms with Gasteiger partial charge in [0, 0.05) is 37.5 Å². The van der Waals surface area contributed by atoms with Crippen molar-refractivity contribution in [3.63, 3.8) is 0 Å². The number of aromatic nitrogens is 3. The molecule has 0 saturated carbocycles. The third-order valence-corrected chi connectivity index (χ3v) is 6.70. The van der Waals surface area contributed by atoms with Crippen molar-refractivity contribution in [3.05, 3.63) is 70.8 Å². The van der Waals surface area contributed by atoms with Crippen LogP contribution < -0.4 is 9.62 Å². The average Bonchev–Trinajstić information content (AvgIpc) is 3.08. The van der Waals surface area contributed by atoms with Gasteiger partial charge >= 0.3 is 0 Å². The fraction of sp³-hybridized carbons (Fsp3) is 0.211. The first kappa shape index (κ1) is 18.6. The zero-order valence-electron chi connectivity index (χ0n) is 15.3. The summed E-state index contributed by atoms with van der Waals surface area (Å²) < 4.78 is 28.1. The highest BCUT2D eigenvalue weighted by molar-refractivity contribution is 7.92. The first-order chi connectivity index (χ1) is 13.4. The van der Waals surface area contributed by atoms with Gasteiger partial charge in [0.2, 0.25) is 5.28 Å². The van der Waals surface area contributed by atoms with Crippen molar-refractivity contribution in [2.24, 2.45) is 0 Å². The summed E-state index contributed by atoms with van der Waals surface area (Å²) >= 11 is 6.09. The first-order valence-corrected chi connectivity index (χ1v) is 10.5. The molecule has 1 N–H and O–H groups in total. The Bertz CT molecular complexity index is 1120. The minimum absolute atomic E-state index is 0.0148. The van der Waals surface area contributed by atoms with Gasteiger partial charge in [-0.15, -0.1) is 0 Å². The second-order valence-corrected chi connectivity index (χ2v) is 8.72. The molecule has 1 aromatic carbocycles. The Labute approximate surface area is 168 Å². The van der Waals surface area contributed by atoms with Crippen LogP contribution in [0, 0.1) is 6.92 Å². The van der Waals surface area contributed by atoms with Crippen molar-refractivity contribution in [1.29, 1.82) is 0 Å². The highest BCUT2D eigenvalue weighted by atomic mass is 35.5. The summed E-state index contributed by atoms with van der Waals surface area (Å²) in [5.41, 5.74) is 2.56. The van der Waals surface area contributed by atoms with Crippen LogP contribution in [-0.2, 0) is 10.0 Å². The van der Waals surface area contributed by atoms with Crippen LogP contribution in [0.1, 0.15) is 22.6 Å². The van der Waals surface area contributed by atoms with Crippen molar-refractivity contribution in [3.8, 4) is 0 Å². The van der Waals surface area contributed by atoms with E-state index in [1.54, 1.807) is 43.7 Å². The van der Waals surface area contributed by atoms with Crippen molar-refractivity contribution in [1.82, 2.24) is 15.0 Å². The van der Waals surface area contributed by atoms with Gasteiger partial charge in [-0.2, -0.15) is 4.98 Å². The first-order valence-electron chi connectivity index (χ1n) is 8.66. The topological polar surface area (TPSA) is 88.1 Å². The second-order valence-electron chi connectivity index (χ2n) is 6.52. The molecule has 7 nitrogen and oxygen atoms in total. The molecule has 1 aliphatic heterocycles. The second kappa shape index (κ2) is 7.03. The molecular formula is C19H18ClN5O2S. The SMILES string of the molecule is CNc1nc(Cl)nc2c1C(c1cccnc1)CN2S(=O)(=O)c1ccc(C)cc1. The monoisotopic (exact) mass is 415 g/mol. The zero-order chi connectivity index (χ0) is 19.9. The molecule has 1 atom stereocenters. The lowest BCUT2D eigenvalue weighted by Crippen LogP contribution is -2.30. The average molecular weight is 416 g/mol. The number of pyridine rings is 1. The van der Waals surface area contributed by atoms with E-state index in [-0.39, 0.29) is 22.6 Å². The van der Waals surface area contributed by atoms with Gasteiger partial charge in [-0.25, -0.2) is 17.7 Å². The number of sulfonamides is 1. The number of nitrogens with one attached hydrogen (secondary N) is 1. The third kappa shape index (κ3) is 3.08. The molecule has 9 heteroatoms. The maximum Gasteiger partial charge on any atom is 0.265 e. The predicted octanol–water partition coefficient (Wildman–Crippen LogP) is 3.22. The number of rotatable bonds is 4. The summed E-state index contributed by atoms with van der Waals surface area (Å²) in [5.74, 6) is 0.535. The van der Waals surface area contributed by atoms with E-state index in [4.69, 9.17) is 11.6 Å². The summed E-state index contributed by atoms with van der Waals surface area (Å²) in [6.07, 6.45) is 3.40. The molecule has 1 aliphatic rings. The Hall–Kier alpha value is -2.71. The van der Waals surface area contributed by atoms with Crippen molar-refractivity contribution in [2.75, 3.05) is 23.2 Å². The number of halogens is 1. The van der Waals surface area contributed by atoms with E-state index < -0.39 is 10.0 Å². The van der Waals surface area contributed by atoms with Gasteiger partial charge in [0.15, 0.2) is 5.82 Å². The molecule has 0 radical (unpaired) electrons. The fourth-order valence-corrected chi connectivity index (χ4v) is 4.99. The molecule has 2 aromatic heterocycles. The van der Waals surface area contributed by atoms with Crippen LogP contribution in [0.4, 0.5) is 11.6 Å². The van der Waals surface area contributed by atoms with Crippen molar-refractivity contribution < 1.29 is 8.42 Å². The number of benzene rings is 1. The van der Waals surface area contributed by atoms with Gasteiger partial charge < -0.3 is 5.32 Å². The van der Waals surface area contributed by atoms with Gasteiger partial charge in [-0.3, -0.25) is 4.98 Å². The van der Waals surface area contributed by atoms with E-state index in [1.807, 2.05) is 19.1 Å². The number of fused-ring (bicyclic) bond motifs is 1. The maximum atomic E-state index is 13.4. The molecule has 0 bridgehead atoms. The smallest absolute Gasteiger partial charge is 0.265 e. The van der Waals surface area contributed by atoms with Gasteiger partial charge in [0.05, 0.1) is 4.90 Å². The summed E-state index contributed by atoms with van der Waals surface area (Å²) in [7, 11) is -2.10. The summed E-state index contributed by atoms with van der Waals surface area (Å²) in [6, 6.07) is 10.5. The lowest BCUT2D eigenvalue weighted by molar-refractivity contribution is 0.590. The molecule has 3 aromatic rings. The number of aryl methyl sites for hydroxylation is 1. The van der Waals surface area contributed by atoms with Crippen LogP contribution >= 0.6 is 11.6 Å². The van der Waals surface area contributed by atoms with Crippen LogP contribution in [0.2, 0.25) is 5.28 Å². The highest BCUT2D eigenvalue weighted by Crippen LogP contribution is 2.45. The Morgan fingerprint density at radius 1 is 1.18 bits per heavy atom. The van der Waals surface area contributed by atoms with E-state index in [2.05, 4.69) is 20.3 Å². The molecule has 1 unspecified atom stereocenters. The Morgan fingerprint density at radius 3 is 2.57 bits per heavy atom. The summed E-state index contributed by atoms with van der Waals surface area (Å²) in [6.45, 7) is 2.10. The number of anilines is 2. The molecule has 0 spiro atoms. The number of nitrogens with zero attached hydrogens (tertiary/aromatic N) is 4. The van der Waals surface area contributed by atoms with Crippen molar-refractivity contribution >= 4 is 33.3 Å². The van der Waals surface area contributed by atoms with Gasteiger partial charge in [-0.05, 0) is 42.3 Å². The Balaban J connectivity index is 1.90. The van der Waals surface area contributed by atoms with Gasteiger partial charge in [0.1, 0.15) is 5.82 Å². The van der Waals surface area contributed by atoms with E-state index in [0.29, 0.717) is 17.2 Å². The molecule has 28 heavy (non-hydrogen) atoms. The molecule has 0 amide bonds. The van der Waals surface area contributed by atoms with Crippen LogP contribution in [0.15, 0.2) is 53.7 Å². The van der Waals surface area contributed by atoms with E-state index >= 15 is 0 Å². The molecule has 4 rings (SSSR count). The summed E-state index contributed by atoms with van der Waals surface area (Å²) in [5, 5.41) is 2.99. The van der Waals surface area contributed by atoms with Crippen LogP contribution in [0.5, 0.6) is 0 Å². The van der Waals surface area contributed by atoms with E-state index in [1.165, 1.54) is 4.31 Å². The Kier molecular flexibility index (Phi) is 4.68. The molecule has 144 valence electrons. The van der Waals surface area contributed by atoms with Gasteiger partial charge in [-0.1, -0.05) is 23.8 Å². The quantitative estimate of drug-likeness (QED) is 0.658. The Morgan fingerprint density at radius 2 is 1.93 bits per heavy atom. The molecule has 0 fully saturated rings. The van der Waals surface area contributed by atoms with Crippen LogP contribution in [0.3, 0.4) is 0 Å². The maximum absolute atomic E-state index is 13.4. The fourth-order valence-electron chi connectivity index (χ4n) is 3.38. The highest BCUT2D eigenvalue weighted by Gasteiger charge is 2.41. The standard InChI is InChI=1S/C19H18ClN5O2S/c1-12-5-7-14(8-6-12)28(26,27)25-11-15(13-4-3-9-22-10-13)16-17(21-2)23-19(20)24-18(16)25/h3-10,15H,11H2,1-2H3,(H,21,23,24). The minimum atomic E-state index is -3.82. The van der Waals surface area contributed by atoms with E-state index in [0.717, 1.165) is 11.1 Å². The molecular weight excluding hydrogens is 398 g/mol. The van der Waals surface area contributed by atoms with Crippen molar-refractivity contribution in [2.45, 2.75) is 17.7 Å². The molecule has 0 aliphatic carbocycles.